The number of hydrogen-bond acceptors (Lipinski definition) is 1. The average Bonchev–Trinajstić information content (AvgIpc) is 1.41. The molecule has 0 rings (SSSR count). The monoisotopic (exact) mass is 89.1 g/mol. The molecule has 0 spiro atoms. The van der Waals surface area contributed by atoms with Crippen LogP contribution in [0, 0.1) is 0 Å². The van der Waals surface area contributed by atoms with Gasteiger partial charge in [-0.15, -0.1) is 0 Å². The molecule has 1 nitrogen and oxygen atoms in total. The van der Waals surface area contributed by atoms with Gasteiger partial charge in [0.2, 0.25) is 0 Å². The Bertz CT molecular complexity index is 17.1. The van der Waals surface area contributed by atoms with Crippen molar-refractivity contribution >= 4 is 17.2 Å². The van der Waals surface area contributed by atoms with E-state index in [-0.39, 0.29) is 0 Å². The van der Waals surface area contributed by atoms with Gasteiger partial charge in [0.15, 0.2) is 0 Å². The summed E-state index contributed by atoms with van der Waals surface area (Å²) in [6.45, 7) is 1.10. The van der Waals surface area contributed by atoms with Gasteiger partial charge in [0.05, 0.1) is 0 Å². The summed E-state index contributed by atoms with van der Waals surface area (Å²) in [6.07, 6.45) is 1.21. The summed E-state index contributed by atoms with van der Waals surface area (Å²) in [7, 11) is 4.59. The third-order valence-electron chi connectivity index (χ3n) is 0.394. The van der Waals surface area contributed by atoms with E-state index in [0.29, 0.717) is 0 Å². The van der Waals surface area contributed by atoms with Gasteiger partial charge in [-0.3, -0.25) is 0 Å². The van der Waals surface area contributed by atoms with Gasteiger partial charge in [-0.05, 0) is 6.54 Å². The fourth-order valence-electron chi connectivity index (χ4n) is 0.144. The lowest BCUT2D eigenvalue weighted by atomic mass is 10.1. The molecule has 1 unspecified atom stereocenters. The van der Waals surface area contributed by atoms with Crippen LogP contribution in [0.1, 0.15) is 0 Å². The molecule has 1 atom stereocenters. The van der Waals surface area contributed by atoms with Gasteiger partial charge < -0.3 is 5.09 Å². The Labute approximate surface area is 36.2 Å². The van der Waals surface area contributed by atoms with Gasteiger partial charge in [0.1, 0.15) is 7.85 Å². The first-order chi connectivity index (χ1) is 2.41. The van der Waals surface area contributed by atoms with E-state index in [1.165, 1.54) is 6.32 Å². The lowest BCUT2D eigenvalue weighted by molar-refractivity contribution is 1.03. The molecule has 0 aliphatic heterocycles. The summed E-state index contributed by atoms with van der Waals surface area (Å²) in [5.74, 6) is 0. The zero-order chi connectivity index (χ0) is 4.12. The van der Waals surface area contributed by atoms with E-state index in [2.05, 4.69) is 22.3 Å². The van der Waals surface area contributed by atoms with Crippen molar-refractivity contribution in [2.45, 2.75) is 6.32 Å². The molecule has 5 heavy (non-hydrogen) atoms. The van der Waals surface area contributed by atoms with Gasteiger partial charge in [-0.25, -0.2) is 0 Å². The first-order valence-electron chi connectivity index (χ1n) is 1.85. The highest BCUT2D eigenvalue weighted by Gasteiger charge is 1.65. The van der Waals surface area contributed by atoms with Gasteiger partial charge in [0.25, 0.3) is 0 Å². The molecule has 0 amide bonds. The predicted octanol–water partition coefficient (Wildman–Crippen LogP) is -0.583. The second-order valence-electron chi connectivity index (χ2n) is 0.954. The lowest BCUT2D eigenvalue weighted by Gasteiger charge is -1.84. The number of hydrogen-bond donors (Lipinski definition) is 1. The minimum atomic E-state index is 1.10. The molecule has 0 fully saturated rings. The van der Waals surface area contributed by atoms with Crippen molar-refractivity contribution in [3.63, 3.8) is 0 Å². The summed E-state index contributed by atoms with van der Waals surface area (Å²) in [5.41, 5.74) is 0. The van der Waals surface area contributed by atoms with Crippen molar-refractivity contribution in [3.05, 3.63) is 0 Å². The lowest BCUT2D eigenvalue weighted by Crippen LogP contribution is -1.96. The van der Waals surface area contributed by atoms with Crippen molar-refractivity contribution in [2.75, 3.05) is 6.54 Å². The second-order valence-corrected chi connectivity index (χ2v) is 1.36. The van der Waals surface area contributed by atoms with Gasteiger partial charge >= 0.3 is 0 Å². The van der Waals surface area contributed by atoms with Crippen molar-refractivity contribution in [1.82, 2.24) is 5.09 Å². The standard InChI is InChI=1S/C2H9BNP/c3-1-2-4-5/h4H,1-3,5H2. The molecule has 0 heterocycles. The van der Waals surface area contributed by atoms with E-state index in [9.17, 15) is 0 Å². The van der Waals surface area contributed by atoms with Crippen LogP contribution < -0.4 is 5.09 Å². The molecule has 3 heteroatoms. The Morgan fingerprint density at radius 2 is 2.40 bits per heavy atom. The van der Waals surface area contributed by atoms with E-state index in [1.807, 2.05) is 0 Å². The van der Waals surface area contributed by atoms with Crippen LogP contribution in [0.4, 0.5) is 0 Å². The summed E-state index contributed by atoms with van der Waals surface area (Å²) in [6, 6.07) is 0. The van der Waals surface area contributed by atoms with Crippen LogP contribution in [0.15, 0.2) is 0 Å². The summed E-state index contributed by atoms with van der Waals surface area (Å²) in [5, 5.41) is 2.93. The third-order valence-corrected chi connectivity index (χ3v) is 0.683. The maximum atomic E-state index is 2.93. The Kier molecular flexibility index (Phi) is 4.86. The molecule has 0 aromatic carbocycles. The van der Waals surface area contributed by atoms with Crippen LogP contribution >= 0.6 is 9.39 Å². The Morgan fingerprint density at radius 3 is 2.40 bits per heavy atom. The minimum absolute atomic E-state index is 1.10. The summed E-state index contributed by atoms with van der Waals surface area (Å²) in [4.78, 5) is 0. The molecule has 0 aliphatic rings. The SMILES string of the molecule is BCCNP. The second kappa shape index (κ2) is 4.45. The highest BCUT2D eigenvalue weighted by atomic mass is 31.0. The van der Waals surface area contributed by atoms with E-state index in [0.717, 1.165) is 6.54 Å². The van der Waals surface area contributed by atoms with Crippen LogP contribution in [0.2, 0.25) is 6.32 Å². The zero-order valence-corrected chi connectivity index (χ0v) is 4.65. The Morgan fingerprint density at radius 1 is 1.80 bits per heavy atom. The third kappa shape index (κ3) is 4.45. The average molecular weight is 88.9 g/mol. The quantitative estimate of drug-likeness (QED) is 0.352. The fourth-order valence-corrected chi connectivity index (χ4v) is 0.433. The van der Waals surface area contributed by atoms with Crippen molar-refractivity contribution in [1.29, 1.82) is 0 Å². The highest BCUT2D eigenvalue weighted by molar-refractivity contribution is 7.13. The van der Waals surface area contributed by atoms with Crippen molar-refractivity contribution in [3.8, 4) is 0 Å². The molecule has 0 aliphatic carbocycles. The molecule has 1 N–H and O–H groups in total. The first kappa shape index (κ1) is 5.45. The molecular formula is C2H9BNP. The van der Waals surface area contributed by atoms with Crippen molar-refractivity contribution in [2.24, 2.45) is 0 Å². The van der Waals surface area contributed by atoms with E-state index in [1.54, 1.807) is 0 Å². The van der Waals surface area contributed by atoms with E-state index >= 15 is 0 Å². The summed E-state index contributed by atoms with van der Waals surface area (Å²) < 4.78 is 0. The van der Waals surface area contributed by atoms with Crippen LogP contribution in [-0.2, 0) is 0 Å². The zero-order valence-electron chi connectivity index (χ0n) is 3.49. The van der Waals surface area contributed by atoms with Gasteiger partial charge in [0, 0.05) is 0 Å². The molecular weight excluding hydrogens is 79.8 g/mol. The topological polar surface area (TPSA) is 12.0 Å². The molecule has 0 aromatic rings. The molecule has 0 radical (unpaired) electrons. The molecule has 0 saturated heterocycles. The fraction of sp³-hybridized carbons (Fsp3) is 1.00. The van der Waals surface area contributed by atoms with E-state index < -0.39 is 0 Å². The maximum absolute atomic E-state index is 2.93. The van der Waals surface area contributed by atoms with Crippen LogP contribution in [0.3, 0.4) is 0 Å². The predicted molar refractivity (Wildman–Crippen MR) is 31.1 cm³/mol. The number of nitrogens with one attached hydrogen (secondary N) is 1. The van der Waals surface area contributed by atoms with Gasteiger partial charge in [-0.2, -0.15) is 0 Å². The maximum Gasteiger partial charge on any atom is 0.103 e. The molecule has 0 saturated carbocycles. The first-order valence-corrected chi connectivity index (χ1v) is 2.43. The van der Waals surface area contributed by atoms with Gasteiger partial charge in [-0.1, -0.05) is 15.7 Å². The van der Waals surface area contributed by atoms with E-state index in [4.69, 9.17) is 0 Å². The Hall–Kier alpha value is 0.455. The van der Waals surface area contributed by atoms with Crippen molar-refractivity contribution < 1.29 is 0 Å². The summed E-state index contributed by atoms with van der Waals surface area (Å²) >= 11 is 0. The highest BCUT2D eigenvalue weighted by Crippen LogP contribution is 1.68. The largest absolute Gasteiger partial charge is 0.301 e. The van der Waals surface area contributed by atoms with Crippen LogP contribution in [0.5, 0.6) is 0 Å². The molecule has 30 valence electrons. The van der Waals surface area contributed by atoms with Crippen LogP contribution in [-0.4, -0.2) is 14.4 Å². The van der Waals surface area contributed by atoms with Crippen LogP contribution in [0.25, 0.3) is 0 Å². The molecule has 0 bridgehead atoms. The number of rotatable bonds is 2. The minimum Gasteiger partial charge on any atom is -0.301 e. The molecule has 0 aromatic heterocycles. The normalized spacial score (nSPS) is 8.20. The smallest absolute Gasteiger partial charge is 0.103 e. The Balaban J connectivity index is 2.19.